The molecular weight excluding hydrogens is 134 g/mol. The summed E-state index contributed by atoms with van der Waals surface area (Å²) in [5.41, 5.74) is 0. The van der Waals surface area contributed by atoms with Gasteiger partial charge in [-0.2, -0.15) is 0 Å². The molecule has 0 spiro atoms. The Morgan fingerprint density at radius 2 is 1.82 bits per heavy atom. The topological polar surface area (TPSA) is 12.0 Å². The Morgan fingerprint density at radius 3 is 2.36 bits per heavy atom. The molecule has 1 fully saturated rings. The molecule has 1 aliphatic rings. The van der Waals surface area contributed by atoms with Crippen LogP contribution in [0.2, 0.25) is 0 Å². The van der Waals surface area contributed by atoms with Crippen molar-refractivity contribution in [2.75, 3.05) is 13.6 Å². The molecule has 0 bridgehead atoms. The molecule has 0 saturated heterocycles. The van der Waals surface area contributed by atoms with Gasteiger partial charge in [0.1, 0.15) is 0 Å². The summed E-state index contributed by atoms with van der Waals surface area (Å²) < 4.78 is 0. The highest BCUT2D eigenvalue weighted by molar-refractivity contribution is 4.75. The minimum Gasteiger partial charge on any atom is -0.319 e. The van der Waals surface area contributed by atoms with Crippen molar-refractivity contribution in [3.05, 3.63) is 0 Å². The van der Waals surface area contributed by atoms with Gasteiger partial charge >= 0.3 is 0 Å². The van der Waals surface area contributed by atoms with E-state index in [9.17, 15) is 0 Å². The van der Waals surface area contributed by atoms with Gasteiger partial charge in [0.25, 0.3) is 0 Å². The van der Waals surface area contributed by atoms with Crippen LogP contribution in [0.25, 0.3) is 0 Å². The number of rotatable bonds is 3. The highest BCUT2D eigenvalue weighted by atomic mass is 14.8. The fourth-order valence-electron chi connectivity index (χ4n) is 2.35. The second-order valence-electron chi connectivity index (χ2n) is 3.77. The first kappa shape index (κ1) is 9.05. The van der Waals surface area contributed by atoms with E-state index < -0.39 is 0 Å². The highest BCUT2D eigenvalue weighted by Gasteiger charge is 2.22. The highest BCUT2D eigenvalue weighted by Crippen LogP contribution is 2.31. The fourth-order valence-corrected chi connectivity index (χ4v) is 2.35. The molecule has 0 heterocycles. The molecule has 0 aromatic heterocycles. The van der Waals surface area contributed by atoms with Crippen LogP contribution in [0.5, 0.6) is 0 Å². The largest absolute Gasteiger partial charge is 0.319 e. The maximum Gasteiger partial charge on any atom is -0.00209 e. The van der Waals surface area contributed by atoms with E-state index >= 15 is 0 Å². The minimum absolute atomic E-state index is 0.971. The first-order valence-corrected chi connectivity index (χ1v) is 5.03. The van der Waals surface area contributed by atoms with Crippen molar-refractivity contribution in [1.29, 1.82) is 0 Å². The van der Waals surface area contributed by atoms with E-state index in [1.165, 1.54) is 38.6 Å². The average molecular weight is 155 g/mol. The first-order chi connectivity index (χ1) is 5.38. The third kappa shape index (κ3) is 2.48. The Kier molecular flexibility index (Phi) is 3.92. The zero-order chi connectivity index (χ0) is 8.10. The van der Waals surface area contributed by atoms with Crippen molar-refractivity contribution in [3.8, 4) is 0 Å². The normalized spacial score (nSPS) is 32.2. The molecule has 0 aromatic carbocycles. The molecule has 1 aliphatic carbocycles. The fraction of sp³-hybridized carbons (Fsp3) is 1.00. The lowest BCUT2D eigenvalue weighted by Crippen LogP contribution is -2.28. The van der Waals surface area contributed by atoms with Gasteiger partial charge < -0.3 is 5.32 Å². The second kappa shape index (κ2) is 4.76. The van der Waals surface area contributed by atoms with Gasteiger partial charge in [-0.25, -0.2) is 0 Å². The van der Waals surface area contributed by atoms with E-state index in [0.717, 1.165) is 11.8 Å². The molecule has 0 amide bonds. The van der Waals surface area contributed by atoms with E-state index in [1.807, 2.05) is 0 Å². The molecule has 2 unspecified atom stereocenters. The predicted octanol–water partition coefficient (Wildman–Crippen LogP) is 2.42. The monoisotopic (exact) mass is 155 g/mol. The number of hydrogen-bond donors (Lipinski definition) is 1. The second-order valence-corrected chi connectivity index (χ2v) is 3.77. The third-order valence-electron chi connectivity index (χ3n) is 3.06. The van der Waals surface area contributed by atoms with E-state index in [2.05, 4.69) is 19.3 Å². The molecule has 0 radical (unpaired) electrons. The summed E-state index contributed by atoms with van der Waals surface area (Å²) in [6.07, 6.45) is 7.25. The summed E-state index contributed by atoms with van der Waals surface area (Å²) in [7, 11) is 2.07. The van der Waals surface area contributed by atoms with Crippen LogP contribution in [0.3, 0.4) is 0 Å². The smallest absolute Gasteiger partial charge is 0.00209 e. The van der Waals surface area contributed by atoms with E-state index in [4.69, 9.17) is 0 Å². The van der Waals surface area contributed by atoms with Gasteiger partial charge in [-0.15, -0.1) is 0 Å². The van der Waals surface area contributed by atoms with E-state index in [1.54, 1.807) is 0 Å². The van der Waals surface area contributed by atoms with E-state index in [-0.39, 0.29) is 0 Å². The van der Waals surface area contributed by atoms with E-state index in [0.29, 0.717) is 0 Å². The lowest BCUT2D eigenvalue weighted by atomic mass is 9.78. The van der Waals surface area contributed by atoms with Crippen molar-refractivity contribution in [2.24, 2.45) is 11.8 Å². The minimum atomic E-state index is 0.971. The zero-order valence-corrected chi connectivity index (χ0v) is 7.90. The van der Waals surface area contributed by atoms with Gasteiger partial charge in [0, 0.05) is 0 Å². The standard InChI is InChI=1S/C10H21N/c1-3-9-6-4-5-7-10(9)8-11-2/h9-11H,3-8H2,1-2H3. The molecule has 2 atom stereocenters. The summed E-state index contributed by atoms with van der Waals surface area (Å²) in [5, 5.41) is 3.30. The van der Waals surface area contributed by atoms with Crippen molar-refractivity contribution >= 4 is 0 Å². The van der Waals surface area contributed by atoms with Gasteiger partial charge in [0.05, 0.1) is 0 Å². The molecule has 0 aromatic rings. The summed E-state index contributed by atoms with van der Waals surface area (Å²) in [4.78, 5) is 0. The summed E-state index contributed by atoms with van der Waals surface area (Å²) >= 11 is 0. The van der Waals surface area contributed by atoms with Crippen LogP contribution in [-0.2, 0) is 0 Å². The molecule has 11 heavy (non-hydrogen) atoms. The molecule has 1 rings (SSSR count). The quantitative estimate of drug-likeness (QED) is 0.660. The van der Waals surface area contributed by atoms with Gasteiger partial charge in [-0.3, -0.25) is 0 Å². The van der Waals surface area contributed by atoms with Crippen molar-refractivity contribution in [3.63, 3.8) is 0 Å². The Labute approximate surface area is 70.6 Å². The summed E-state index contributed by atoms with van der Waals surface area (Å²) in [5.74, 6) is 1.98. The maximum atomic E-state index is 3.30. The Hall–Kier alpha value is -0.0400. The Bertz CT molecular complexity index is 99.0. The van der Waals surface area contributed by atoms with Gasteiger partial charge in [0.2, 0.25) is 0 Å². The molecule has 1 heteroatoms. The first-order valence-electron chi connectivity index (χ1n) is 5.03. The number of nitrogens with one attached hydrogen (secondary N) is 1. The lowest BCUT2D eigenvalue weighted by Gasteiger charge is -2.30. The summed E-state index contributed by atoms with van der Waals surface area (Å²) in [6, 6.07) is 0. The molecule has 1 saturated carbocycles. The van der Waals surface area contributed by atoms with Gasteiger partial charge in [-0.1, -0.05) is 32.6 Å². The van der Waals surface area contributed by atoms with Crippen molar-refractivity contribution in [2.45, 2.75) is 39.0 Å². The van der Waals surface area contributed by atoms with Crippen molar-refractivity contribution in [1.82, 2.24) is 5.32 Å². The van der Waals surface area contributed by atoms with Crippen LogP contribution < -0.4 is 5.32 Å². The Balaban J connectivity index is 2.31. The zero-order valence-electron chi connectivity index (χ0n) is 7.90. The van der Waals surface area contributed by atoms with Crippen LogP contribution in [0.1, 0.15) is 39.0 Å². The summed E-state index contributed by atoms with van der Waals surface area (Å²) in [6.45, 7) is 3.57. The van der Waals surface area contributed by atoms with Gasteiger partial charge in [0.15, 0.2) is 0 Å². The SMILES string of the molecule is CCC1CCCCC1CNC. The van der Waals surface area contributed by atoms with Crippen molar-refractivity contribution < 1.29 is 0 Å². The van der Waals surface area contributed by atoms with Crippen LogP contribution in [-0.4, -0.2) is 13.6 Å². The van der Waals surface area contributed by atoms with Crippen LogP contribution in [0, 0.1) is 11.8 Å². The predicted molar refractivity (Wildman–Crippen MR) is 49.7 cm³/mol. The maximum absolute atomic E-state index is 3.30. The van der Waals surface area contributed by atoms with Crippen LogP contribution in [0.15, 0.2) is 0 Å². The van der Waals surface area contributed by atoms with Crippen LogP contribution >= 0.6 is 0 Å². The molecule has 0 aliphatic heterocycles. The molecule has 1 nitrogen and oxygen atoms in total. The third-order valence-corrected chi connectivity index (χ3v) is 3.06. The molecular formula is C10H21N. The molecule has 66 valence electrons. The average Bonchev–Trinajstić information content (AvgIpc) is 2.06. The van der Waals surface area contributed by atoms with Gasteiger partial charge in [-0.05, 0) is 31.8 Å². The Morgan fingerprint density at radius 1 is 1.18 bits per heavy atom. The van der Waals surface area contributed by atoms with Crippen LogP contribution in [0.4, 0.5) is 0 Å². The lowest BCUT2D eigenvalue weighted by molar-refractivity contribution is 0.227. The number of hydrogen-bond acceptors (Lipinski definition) is 1. The molecule has 1 N–H and O–H groups in total.